The van der Waals surface area contributed by atoms with Crippen molar-refractivity contribution in [2.75, 3.05) is 33.7 Å². The minimum Gasteiger partial charge on any atom is -0.303 e. The van der Waals surface area contributed by atoms with E-state index in [0.717, 1.165) is 6.04 Å². The summed E-state index contributed by atoms with van der Waals surface area (Å²) in [6.07, 6.45) is 0. The van der Waals surface area contributed by atoms with Crippen molar-refractivity contribution in [1.82, 2.24) is 9.80 Å². The van der Waals surface area contributed by atoms with E-state index in [2.05, 4.69) is 30.8 Å². The molecule has 0 atom stereocenters. The van der Waals surface area contributed by atoms with Gasteiger partial charge in [0.25, 0.3) is 0 Å². The summed E-state index contributed by atoms with van der Waals surface area (Å²) in [7, 11) is 4.36. The van der Waals surface area contributed by atoms with Crippen LogP contribution in [0.2, 0.25) is 0 Å². The van der Waals surface area contributed by atoms with E-state index in [1.807, 2.05) is 13.8 Å². The van der Waals surface area contributed by atoms with E-state index in [-0.39, 0.29) is 0 Å². The smallest absolute Gasteiger partial charge is 0.0347 e. The standard InChI is InChI=1S/C7H16N2.C2H6/c1-4-9(3)7-5-8(2)6-7;1-2/h7H,4-6H2,1-3H3;1-2H3. The summed E-state index contributed by atoms with van der Waals surface area (Å²) in [6, 6.07) is 0.833. The van der Waals surface area contributed by atoms with Crippen LogP contribution in [-0.4, -0.2) is 49.6 Å². The molecule has 2 heteroatoms. The fraction of sp³-hybridized carbons (Fsp3) is 1.00. The Bertz CT molecular complexity index is 87.6. The Balaban J connectivity index is 0.000000461. The van der Waals surface area contributed by atoms with Crippen LogP contribution < -0.4 is 0 Å². The Morgan fingerprint density at radius 1 is 1.36 bits per heavy atom. The molecule has 0 aromatic carbocycles. The van der Waals surface area contributed by atoms with E-state index < -0.39 is 0 Å². The number of hydrogen-bond donors (Lipinski definition) is 0. The fourth-order valence-electron chi connectivity index (χ4n) is 1.20. The van der Waals surface area contributed by atoms with Gasteiger partial charge in [-0.15, -0.1) is 0 Å². The first-order valence-electron chi connectivity index (χ1n) is 4.62. The van der Waals surface area contributed by atoms with Crippen LogP contribution in [0.25, 0.3) is 0 Å². The maximum absolute atomic E-state index is 2.40. The van der Waals surface area contributed by atoms with Gasteiger partial charge in [0.2, 0.25) is 0 Å². The van der Waals surface area contributed by atoms with E-state index in [4.69, 9.17) is 0 Å². The molecule has 1 aliphatic rings. The van der Waals surface area contributed by atoms with Gasteiger partial charge in [-0.25, -0.2) is 0 Å². The molecule has 0 amide bonds. The molecule has 0 radical (unpaired) electrons. The molecule has 0 aromatic heterocycles. The van der Waals surface area contributed by atoms with Crippen molar-refractivity contribution in [3.8, 4) is 0 Å². The zero-order chi connectivity index (χ0) is 8.85. The maximum atomic E-state index is 2.40. The lowest BCUT2D eigenvalue weighted by molar-refractivity contribution is 0.0743. The predicted octanol–water partition coefficient (Wildman–Crippen LogP) is 1.28. The predicted molar refractivity (Wildman–Crippen MR) is 50.9 cm³/mol. The molecule has 0 aromatic rings. The number of hydrogen-bond acceptors (Lipinski definition) is 2. The highest BCUT2D eigenvalue weighted by atomic mass is 15.3. The molecule has 11 heavy (non-hydrogen) atoms. The Labute approximate surface area is 71.2 Å². The summed E-state index contributed by atoms with van der Waals surface area (Å²) in [4.78, 5) is 4.75. The lowest BCUT2D eigenvalue weighted by Crippen LogP contribution is -2.56. The van der Waals surface area contributed by atoms with Gasteiger partial charge in [-0.3, -0.25) is 0 Å². The van der Waals surface area contributed by atoms with Crippen LogP contribution >= 0.6 is 0 Å². The van der Waals surface area contributed by atoms with E-state index >= 15 is 0 Å². The molecule has 1 rings (SSSR count). The third-order valence-corrected chi connectivity index (χ3v) is 2.17. The quantitative estimate of drug-likeness (QED) is 0.597. The summed E-state index contributed by atoms with van der Waals surface area (Å²) >= 11 is 0. The third-order valence-electron chi connectivity index (χ3n) is 2.17. The number of likely N-dealkylation sites (N-methyl/N-ethyl adjacent to an activating group) is 2. The average Bonchev–Trinajstić information content (AvgIpc) is 2.01. The molecule has 1 heterocycles. The number of rotatable bonds is 2. The van der Waals surface area contributed by atoms with E-state index in [0.29, 0.717) is 0 Å². The van der Waals surface area contributed by atoms with Crippen molar-refractivity contribution in [3.63, 3.8) is 0 Å². The van der Waals surface area contributed by atoms with Gasteiger partial charge in [-0.05, 0) is 20.6 Å². The van der Waals surface area contributed by atoms with Crippen LogP contribution in [-0.2, 0) is 0 Å². The summed E-state index contributed by atoms with van der Waals surface area (Å²) in [5.74, 6) is 0. The van der Waals surface area contributed by atoms with Gasteiger partial charge < -0.3 is 9.80 Å². The SMILES string of the molecule is CC.CCN(C)C1CN(C)C1. The maximum Gasteiger partial charge on any atom is 0.0347 e. The Hall–Kier alpha value is -0.0800. The second-order valence-electron chi connectivity index (χ2n) is 2.95. The van der Waals surface area contributed by atoms with Crippen molar-refractivity contribution >= 4 is 0 Å². The van der Waals surface area contributed by atoms with E-state index in [1.54, 1.807) is 0 Å². The molecular weight excluding hydrogens is 136 g/mol. The molecule has 2 nitrogen and oxygen atoms in total. The van der Waals surface area contributed by atoms with Crippen LogP contribution in [0.4, 0.5) is 0 Å². The summed E-state index contributed by atoms with van der Waals surface area (Å²) in [5, 5.41) is 0. The molecule has 0 aliphatic carbocycles. The van der Waals surface area contributed by atoms with Crippen molar-refractivity contribution in [2.24, 2.45) is 0 Å². The second kappa shape index (κ2) is 5.56. The van der Waals surface area contributed by atoms with Crippen LogP contribution in [0, 0.1) is 0 Å². The van der Waals surface area contributed by atoms with Crippen LogP contribution in [0.3, 0.4) is 0 Å². The molecule has 1 saturated heterocycles. The first-order chi connectivity index (χ1) is 5.24. The van der Waals surface area contributed by atoms with Crippen LogP contribution in [0.1, 0.15) is 20.8 Å². The van der Waals surface area contributed by atoms with Crippen LogP contribution in [0.15, 0.2) is 0 Å². The Kier molecular flexibility index (Phi) is 5.51. The summed E-state index contributed by atoms with van der Waals surface area (Å²) in [6.45, 7) is 9.89. The van der Waals surface area contributed by atoms with E-state index in [1.165, 1.54) is 19.6 Å². The molecule has 1 fully saturated rings. The zero-order valence-electron chi connectivity index (χ0n) is 8.59. The summed E-state index contributed by atoms with van der Waals surface area (Å²) < 4.78 is 0. The molecule has 0 saturated carbocycles. The highest BCUT2D eigenvalue weighted by Crippen LogP contribution is 2.09. The van der Waals surface area contributed by atoms with Gasteiger partial charge in [-0.2, -0.15) is 0 Å². The van der Waals surface area contributed by atoms with E-state index in [9.17, 15) is 0 Å². The minimum absolute atomic E-state index is 0.833. The monoisotopic (exact) mass is 158 g/mol. The van der Waals surface area contributed by atoms with Gasteiger partial charge in [-0.1, -0.05) is 20.8 Å². The normalized spacial score (nSPS) is 19.1. The Morgan fingerprint density at radius 2 is 1.82 bits per heavy atom. The highest BCUT2D eigenvalue weighted by molar-refractivity contribution is 4.83. The molecular formula is C9H22N2. The third kappa shape index (κ3) is 3.21. The second-order valence-corrected chi connectivity index (χ2v) is 2.95. The first-order valence-corrected chi connectivity index (χ1v) is 4.62. The lowest BCUT2D eigenvalue weighted by Gasteiger charge is -2.41. The zero-order valence-corrected chi connectivity index (χ0v) is 8.59. The highest BCUT2D eigenvalue weighted by Gasteiger charge is 2.25. The molecule has 0 unspecified atom stereocenters. The molecule has 1 aliphatic heterocycles. The van der Waals surface area contributed by atoms with Gasteiger partial charge in [0.15, 0.2) is 0 Å². The van der Waals surface area contributed by atoms with Gasteiger partial charge in [0.05, 0.1) is 0 Å². The van der Waals surface area contributed by atoms with Crippen molar-refractivity contribution < 1.29 is 0 Å². The number of nitrogens with zero attached hydrogens (tertiary/aromatic N) is 2. The van der Waals surface area contributed by atoms with Crippen molar-refractivity contribution in [1.29, 1.82) is 0 Å². The van der Waals surface area contributed by atoms with Crippen molar-refractivity contribution in [2.45, 2.75) is 26.8 Å². The Morgan fingerprint density at radius 3 is 2.09 bits per heavy atom. The minimum atomic E-state index is 0.833. The number of likely N-dealkylation sites (tertiary alicyclic amines) is 1. The first kappa shape index (κ1) is 10.9. The molecule has 0 bridgehead atoms. The lowest BCUT2D eigenvalue weighted by atomic mass is 10.1. The van der Waals surface area contributed by atoms with Gasteiger partial charge in [0.1, 0.15) is 0 Å². The van der Waals surface area contributed by atoms with Crippen molar-refractivity contribution in [3.05, 3.63) is 0 Å². The fourth-order valence-corrected chi connectivity index (χ4v) is 1.20. The molecule has 68 valence electrons. The van der Waals surface area contributed by atoms with Gasteiger partial charge >= 0.3 is 0 Å². The molecule has 0 N–H and O–H groups in total. The topological polar surface area (TPSA) is 6.48 Å². The average molecular weight is 158 g/mol. The van der Waals surface area contributed by atoms with Crippen LogP contribution in [0.5, 0.6) is 0 Å². The largest absolute Gasteiger partial charge is 0.303 e. The summed E-state index contributed by atoms with van der Waals surface area (Å²) in [5.41, 5.74) is 0. The van der Waals surface area contributed by atoms with Gasteiger partial charge in [0, 0.05) is 19.1 Å². The molecule has 0 spiro atoms.